The molecule has 2 aromatic carbocycles. The third-order valence-electron chi connectivity index (χ3n) is 4.07. The standard InChI is InChI=1S/C17H17FN2O5S2/c18-13-4-6-16(7-5-13)27(24,25)20-14-3-1-2-12(10-14)17(21)19-15-8-9-26(22,23)11-15/h1-7,10,15,20H,8-9,11H2,(H,19,21)/t15-/m0/s1. The van der Waals surface area contributed by atoms with E-state index in [2.05, 4.69) is 10.0 Å². The van der Waals surface area contributed by atoms with Crippen LogP contribution in [0.25, 0.3) is 0 Å². The maximum atomic E-state index is 13.0. The van der Waals surface area contributed by atoms with Crippen molar-refractivity contribution in [2.75, 3.05) is 16.2 Å². The van der Waals surface area contributed by atoms with E-state index >= 15 is 0 Å². The van der Waals surface area contributed by atoms with E-state index in [1.165, 1.54) is 24.3 Å². The summed E-state index contributed by atoms with van der Waals surface area (Å²) < 4.78 is 62.9. The van der Waals surface area contributed by atoms with E-state index in [0.29, 0.717) is 6.42 Å². The lowest BCUT2D eigenvalue weighted by Crippen LogP contribution is -2.35. The van der Waals surface area contributed by atoms with Crippen LogP contribution in [-0.2, 0) is 19.9 Å². The van der Waals surface area contributed by atoms with Gasteiger partial charge in [0.25, 0.3) is 15.9 Å². The Balaban J connectivity index is 1.73. The second kappa shape index (κ2) is 7.28. The minimum absolute atomic E-state index is 0.0372. The molecule has 1 atom stereocenters. The fourth-order valence-electron chi connectivity index (χ4n) is 2.73. The minimum Gasteiger partial charge on any atom is -0.348 e. The molecule has 1 heterocycles. The lowest BCUT2D eigenvalue weighted by Gasteiger charge is -2.12. The van der Waals surface area contributed by atoms with Crippen LogP contribution in [0.3, 0.4) is 0 Å². The number of hydrogen-bond acceptors (Lipinski definition) is 5. The summed E-state index contributed by atoms with van der Waals surface area (Å²) in [4.78, 5) is 12.2. The maximum Gasteiger partial charge on any atom is 0.261 e. The minimum atomic E-state index is -3.94. The summed E-state index contributed by atoms with van der Waals surface area (Å²) in [5.74, 6) is -1.10. The molecule has 2 N–H and O–H groups in total. The van der Waals surface area contributed by atoms with Crippen LogP contribution in [0.4, 0.5) is 10.1 Å². The predicted molar refractivity (Wildman–Crippen MR) is 98.2 cm³/mol. The molecule has 2 aromatic rings. The van der Waals surface area contributed by atoms with Gasteiger partial charge in [-0.2, -0.15) is 0 Å². The number of halogens is 1. The van der Waals surface area contributed by atoms with E-state index in [0.717, 1.165) is 24.3 Å². The third-order valence-corrected chi connectivity index (χ3v) is 7.23. The van der Waals surface area contributed by atoms with Crippen LogP contribution in [0.15, 0.2) is 53.4 Å². The van der Waals surface area contributed by atoms with Gasteiger partial charge in [-0.25, -0.2) is 21.2 Å². The average molecular weight is 412 g/mol. The van der Waals surface area contributed by atoms with Gasteiger partial charge in [0.05, 0.1) is 16.4 Å². The van der Waals surface area contributed by atoms with Crippen LogP contribution >= 0.6 is 0 Å². The van der Waals surface area contributed by atoms with Gasteiger partial charge < -0.3 is 5.32 Å². The zero-order valence-electron chi connectivity index (χ0n) is 14.1. The number of sulfone groups is 1. The quantitative estimate of drug-likeness (QED) is 0.774. The summed E-state index contributed by atoms with van der Waals surface area (Å²) >= 11 is 0. The summed E-state index contributed by atoms with van der Waals surface area (Å²) in [6.07, 6.45) is 0.352. The van der Waals surface area contributed by atoms with Gasteiger partial charge in [-0.05, 0) is 48.9 Å². The third kappa shape index (κ3) is 4.83. The van der Waals surface area contributed by atoms with Crippen molar-refractivity contribution in [1.82, 2.24) is 5.32 Å². The Morgan fingerprint density at radius 1 is 1.11 bits per heavy atom. The Morgan fingerprint density at radius 3 is 2.44 bits per heavy atom. The number of nitrogens with one attached hydrogen (secondary N) is 2. The number of anilines is 1. The van der Waals surface area contributed by atoms with Gasteiger partial charge >= 0.3 is 0 Å². The second-order valence-corrected chi connectivity index (χ2v) is 10.1. The highest BCUT2D eigenvalue weighted by molar-refractivity contribution is 7.92. The topological polar surface area (TPSA) is 109 Å². The molecule has 3 rings (SSSR count). The van der Waals surface area contributed by atoms with Gasteiger partial charge in [0.1, 0.15) is 5.82 Å². The monoisotopic (exact) mass is 412 g/mol. The average Bonchev–Trinajstić information content (AvgIpc) is 2.93. The van der Waals surface area contributed by atoms with Crippen LogP contribution in [0.2, 0.25) is 0 Å². The molecule has 0 bridgehead atoms. The zero-order chi connectivity index (χ0) is 19.7. The molecule has 0 aliphatic carbocycles. The smallest absolute Gasteiger partial charge is 0.261 e. The van der Waals surface area contributed by atoms with Gasteiger partial charge in [0, 0.05) is 17.3 Å². The number of hydrogen-bond donors (Lipinski definition) is 2. The first-order chi connectivity index (χ1) is 12.6. The fourth-order valence-corrected chi connectivity index (χ4v) is 5.45. The molecular weight excluding hydrogens is 395 g/mol. The Morgan fingerprint density at radius 2 is 1.81 bits per heavy atom. The summed E-state index contributed by atoms with van der Waals surface area (Å²) in [5.41, 5.74) is 0.352. The van der Waals surface area contributed by atoms with Crippen molar-refractivity contribution in [3.8, 4) is 0 Å². The van der Waals surface area contributed by atoms with Crippen molar-refractivity contribution in [3.63, 3.8) is 0 Å². The van der Waals surface area contributed by atoms with E-state index < -0.39 is 37.6 Å². The van der Waals surface area contributed by atoms with Crippen molar-refractivity contribution in [1.29, 1.82) is 0 Å². The first-order valence-electron chi connectivity index (χ1n) is 8.04. The normalized spacial score (nSPS) is 18.8. The molecule has 0 spiro atoms. The SMILES string of the molecule is O=C(N[C@H]1CCS(=O)(=O)C1)c1cccc(NS(=O)(=O)c2ccc(F)cc2)c1. The fraction of sp³-hybridized carbons (Fsp3) is 0.235. The van der Waals surface area contributed by atoms with Gasteiger partial charge in [-0.3, -0.25) is 9.52 Å². The lowest BCUT2D eigenvalue weighted by molar-refractivity contribution is 0.0941. The number of carbonyl (C=O) groups is 1. The van der Waals surface area contributed by atoms with E-state index in [9.17, 15) is 26.0 Å². The highest BCUT2D eigenvalue weighted by atomic mass is 32.2. The summed E-state index contributed by atoms with van der Waals surface area (Å²) in [6.45, 7) is 0. The molecule has 0 radical (unpaired) electrons. The van der Waals surface area contributed by atoms with Gasteiger partial charge in [-0.15, -0.1) is 0 Å². The second-order valence-electron chi connectivity index (χ2n) is 6.21. The molecule has 27 heavy (non-hydrogen) atoms. The largest absolute Gasteiger partial charge is 0.348 e. The van der Waals surface area contributed by atoms with Crippen molar-refractivity contribution < 1.29 is 26.0 Å². The van der Waals surface area contributed by atoms with Crippen molar-refractivity contribution in [2.45, 2.75) is 17.4 Å². The molecule has 0 aromatic heterocycles. The Bertz CT molecular complexity index is 1070. The number of sulfonamides is 1. The van der Waals surface area contributed by atoms with E-state index in [1.54, 1.807) is 0 Å². The predicted octanol–water partition coefficient (Wildman–Crippen LogP) is 1.54. The Hall–Kier alpha value is -2.46. The molecule has 1 amide bonds. The molecule has 0 unspecified atom stereocenters. The van der Waals surface area contributed by atoms with E-state index in [1.807, 2.05) is 0 Å². The molecule has 0 saturated carbocycles. The molecule has 7 nitrogen and oxygen atoms in total. The Kier molecular flexibility index (Phi) is 5.20. The highest BCUT2D eigenvalue weighted by Crippen LogP contribution is 2.18. The van der Waals surface area contributed by atoms with Gasteiger partial charge in [0.15, 0.2) is 9.84 Å². The molecule has 1 aliphatic heterocycles. The molecule has 1 fully saturated rings. The van der Waals surface area contributed by atoms with Crippen molar-refractivity contribution in [3.05, 3.63) is 59.9 Å². The van der Waals surface area contributed by atoms with Crippen molar-refractivity contribution >= 4 is 31.5 Å². The number of amides is 1. The summed E-state index contributed by atoms with van der Waals surface area (Å²) in [6, 6.07) is 9.70. The first kappa shape index (κ1) is 19.3. The lowest BCUT2D eigenvalue weighted by atomic mass is 10.1. The first-order valence-corrected chi connectivity index (χ1v) is 11.3. The maximum absolute atomic E-state index is 13.0. The van der Waals surface area contributed by atoms with Crippen LogP contribution in [0, 0.1) is 5.82 Å². The molecule has 1 saturated heterocycles. The van der Waals surface area contributed by atoms with Crippen LogP contribution in [0.1, 0.15) is 16.8 Å². The molecule has 144 valence electrons. The summed E-state index contributed by atoms with van der Waals surface area (Å²) in [7, 11) is -7.06. The van der Waals surface area contributed by atoms with E-state index in [4.69, 9.17) is 0 Å². The number of carbonyl (C=O) groups excluding carboxylic acids is 1. The molecular formula is C17H17FN2O5S2. The molecule has 1 aliphatic rings. The van der Waals surface area contributed by atoms with Gasteiger partial charge in [-0.1, -0.05) is 6.07 Å². The Labute approximate surface area is 156 Å². The number of benzene rings is 2. The molecule has 10 heteroatoms. The van der Waals surface area contributed by atoms with Crippen molar-refractivity contribution in [2.24, 2.45) is 0 Å². The van der Waals surface area contributed by atoms with Crippen LogP contribution in [-0.4, -0.2) is 40.3 Å². The van der Waals surface area contributed by atoms with Gasteiger partial charge in [0.2, 0.25) is 0 Å². The zero-order valence-corrected chi connectivity index (χ0v) is 15.7. The summed E-state index contributed by atoms with van der Waals surface area (Å²) in [5, 5.41) is 2.64. The van der Waals surface area contributed by atoms with Crippen LogP contribution in [0.5, 0.6) is 0 Å². The highest BCUT2D eigenvalue weighted by Gasteiger charge is 2.29. The van der Waals surface area contributed by atoms with E-state index in [-0.39, 0.29) is 27.7 Å². The van der Waals surface area contributed by atoms with Crippen LogP contribution < -0.4 is 10.0 Å². The number of rotatable bonds is 5.